The van der Waals surface area contributed by atoms with E-state index in [1.807, 2.05) is 13.1 Å². The summed E-state index contributed by atoms with van der Waals surface area (Å²) >= 11 is 0. The fraction of sp³-hybridized carbons (Fsp3) is 0.636. The molecule has 2 N–H and O–H groups in total. The summed E-state index contributed by atoms with van der Waals surface area (Å²) in [6, 6.07) is 8.35. The second-order valence-electron chi connectivity index (χ2n) is 7.82. The van der Waals surface area contributed by atoms with Gasteiger partial charge in [0.2, 0.25) is 0 Å². The minimum atomic E-state index is 0. The highest BCUT2D eigenvalue weighted by molar-refractivity contribution is 14.0. The van der Waals surface area contributed by atoms with Crippen LogP contribution in [0.25, 0.3) is 11.0 Å². The van der Waals surface area contributed by atoms with Crippen LogP contribution < -0.4 is 10.6 Å². The summed E-state index contributed by atoms with van der Waals surface area (Å²) in [7, 11) is 1.85. The summed E-state index contributed by atoms with van der Waals surface area (Å²) < 4.78 is 2.30. The zero-order valence-electron chi connectivity index (χ0n) is 18.2. The van der Waals surface area contributed by atoms with Crippen LogP contribution in [0.15, 0.2) is 29.3 Å². The van der Waals surface area contributed by atoms with Gasteiger partial charge in [0.25, 0.3) is 0 Å². The number of fused-ring (bicyclic) bond motifs is 1. The molecule has 2 heterocycles. The van der Waals surface area contributed by atoms with E-state index in [9.17, 15) is 0 Å². The molecule has 3 rings (SSSR count). The second kappa shape index (κ2) is 12.4. The highest BCUT2D eigenvalue weighted by atomic mass is 127. The van der Waals surface area contributed by atoms with E-state index in [4.69, 9.17) is 0 Å². The molecule has 1 saturated heterocycles. The summed E-state index contributed by atoms with van der Waals surface area (Å²) in [5, 5.41) is 6.98. The Labute approximate surface area is 192 Å². The summed E-state index contributed by atoms with van der Waals surface area (Å²) in [5.74, 6) is 2.76. The smallest absolute Gasteiger partial charge is 0.190 e. The van der Waals surface area contributed by atoms with Gasteiger partial charge in [0.15, 0.2) is 5.96 Å². The lowest BCUT2D eigenvalue weighted by Gasteiger charge is -2.32. The number of halogens is 1. The minimum Gasteiger partial charge on any atom is -0.356 e. The van der Waals surface area contributed by atoms with E-state index in [-0.39, 0.29) is 24.0 Å². The highest BCUT2D eigenvalue weighted by Crippen LogP contribution is 2.17. The van der Waals surface area contributed by atoms with Crippen LogP contribution in [0.3, 0.4) is 0 Å². The zero-order valence-corrected chi connectivity index (χ0v) is 20.5. The van der Waals surface area contributed by atoms with E-state index in [2.05, 4.69) is 62.1 Å². The van der Waals surface area contributed by atoms with E-state index in [0.717, 1.165) is 49.3 Å². The molecule has 1 aliphatic heterocycles. The molecule has 1 fully saturated rings. The van der Waals surface area contributed by atoms with Gasteiger partial charge in [0, 0.05) is 26.7 Å². The number of likely N-dealkylation sites (tertiary alicyclic amines) is 1. The van der Waals surface area contributed by atoms with Gasteiger partial charge in [0.1, 0.15) is 5.82 Å². The van der Waals surface area contributed by atoms with Gasteiger partial charge in [-0.15, -0.1) is 24.0 Å². The summed E-state index contributed by atoms with van der Waals surface area (Å²) in [6.07, 6.45) is 4.87. The maximum Gasteiger partial charge on any atom is 0.190 e. The maximum absolute atomic E-state index is 4.64. The van der Waals surface area contributed by atoms with Crippen molar-refractivity contribution in [3.8, 4) is 0 Å². The molecule has 162 valence electrons. The largest absolute Gasteiger partial charge is 0.356 e. The van der Waals surface area contributed by atoms with Gasteiger partial charge < -0.3 is 20.1 Å². The molecule has 2 aromatic rings. The average molecular weight is 512 g/mol. The van der Waals surface area contributed by atoms with Gasteiger partial charge in [-0.25, -0.2) is 4.98 Å². The third kappa shape index (κ3) is 6.84. The molecule has 0 bridgehead atoms. The number of hydrogen-bond acceptors (Lipinski definition) is 3. The Hall–Kier alpha value is -1.35. The Morgan fingerprint density at radius 3 is 2.66 bits per heavy atom. The lowest BCUT2D eigenvalue weighted by Crippen LogP contribution is -2.43. The van der Waals surface area contributed by atoms with Crippen molar-refractivity contribution < 1.29 is 0 Å². The Morgan fingerprint density at radius 1 is 1.17 bits per heavy atom. The second-order valence-corrected chi connectivity index (χ2v) is 7.82. The first-order valence-electron chi connectivity index (χ1n) is 10.8. The number of benzene rings is 1. The molecule has 6 nitrogen and oxygen atoms in total. The molecule has 29 heavy (non-hydrogen) atoms. The first-order chi connectivity index (χ1) is 13.7. The van der Waals surface area contributed by atoms with E-state index in [0.29, 0.717) is 0 Å². The highest BCUT2D eigenvalue weighted by Gasteiger charge is 2.18. The van der Waals surface area contributed by atoms with Gasteiger partial charge in [-0.05, 0) is 70.3 Å². The standard InChI is InChI=1S/C22H36N6.HI/c1-4-13-27-15-10-19(11-16-27)17-25-22(23-3)24-12-7-14-28-18(2)26-20-8-5-6-9-21(20)28;/h5-6,8-9,19H,4,7,10-17H2,1-3H3,(H2,23,24,25);1H. The molecule has 0 atom stereocenters. The first kappa shape index (κ1) is 23.9. The zero-order chi connectivity index (χ0) is 19.8. The van der Waals surface area contributed by atoms with Crippen LogP contribution in [-0.4, -0.2) is 60.2 Å². The number of nitrogens with zero attached hydrogens (tertiary/aromatic N) is 4. The van der Waals surface area contributed by atoms with Crippen LogP contribution in [0, 0.1) is 12.8 Å². The van der Waals surface area contributed by atoms with Crippen molar-refractivity contribution in [1.29, 1.82) is 0 Å². The lowest BCUT2D eigenvalue weighted by atomic mass is 9.97. The number of rotatable bonds is 8. The van der Waals surface area contributed by atoms with E-state index >= 15 is 0 Å². The van der Waals surface area contributed by atoms with Crippen LogP contribution in [0.5, 0.6) is 0 Å². The van der Waals surface area contributed by atoms with Crippen molar-refractivity contribution in [2.24, 2.45) is 10.9 Å². The molecule has 0 radical (unpaired) electrons. The molecule has 0 spiro atoms. The van der Waals surface area contributed by atoms with Gasteiger partial charge >= 0.3 is 0 Å². The van der Waals surface area contributed by atoms with Gasteiger partial charge in [-0.2, -0.15) is 0 Å². The van der Waals surface area contributed by atoms with Crippen LogP contribution >= 0.6 is 24.0 Å². The molecular weight excluding hydrogens is 475 g/mol. The number of guanidine groups is 1. The molecule has 1 aliphatic rings. The Kier molecular flexibility index (Phi) is 10.2. The van der Waals surface area contributed by atoms with Crippen molar-refractivity contribution in [2.75, 3.05) is 39.8 Å². The predicted molar refractivity (Wildman–Crippen MR) is 133 cm³/mol. The predicted octanol–water partition coefficient (Wildman–Crippen LogP) is 3.64. The van der Waals surface area contributed by atoms with Gasteiger partial charge in [-0.3, -0.25) is 4.99 Å². The van der Waals surface area contributed by atoms with E-state index < -0.39 is 0 Å². The summed E-state index contributed by atoms with van der Waals surface area (Å²) in [4.78, 5) is 11.6. The van der Waals surface area contributed by atoms with Crippen molar-refractivity contribution in [3.05, 3.63) is 30.1 Å². The van der Waals surface area contributed by atoms with Crippen molar-refractivity contribution >= 4 is 41.0 Å². The van der Waals surface area contributed by atoms with Crippen molar-refractivity contribution in [1.82, 2.24) is 25.1 Å². The quantitative estimate of drug-likeness (QED) is 0.246. The van der Waals surface area contributed by atoms with Crippen molar-refractivity contribution in [3.63, 3.8) is 0 Å². The number of imidazole rings is 1. The van der Waals surface area contributed by atoms with Crippen LogP contribution in [0.4, 0.5) is 0 Å². The molecule has 0 saturated carbocycles. The number of piperidine rings is 1. The Morgan fingerprint density at radius 2 is 1.93 bits per heavy atom. The lowest BCUT2D eigenvalue weighted by molar-refractivity contribution is 0.185. The number of hydrogen-bond donors (Lipinski definition) is 2. The van der Waals surface area contributed by atoms with Crippen LogP contribution in [-0.2, 0) is 6.54 Å². The normalized spacial score (nSPS) is 16.0. The molecular formula is C22H37IN6. The average Bonchev–Trinajstić information content (AvgIpc) is 3.04. The van der Waals surface area contributed by atoms with Crippen LogP contribution in [0.1, 0.15) is 38.4 Å². The summed E-state index contributed by atoms with van der Waals surface area (Å²) in [5.41, 5.74) is 2.30. The SMILES string of the molecule is CCCN1CCC(CNC(=NC)NCCCn2c(C)nc3ccccc32)CC1.I. The number of aromatic nitrogens is 2. The fourth-order valence-corrected chi connectivity index (χ4v) is 4.11. The van der Waals surface area contributed by atoms with Gasteiger partial charge in [-0.1, -0.05) is 19.1 Å². The number of aliphatic imine (C=N–C) groups is 1. The number of nitrogens with one attached hydrogen (secondary N) is 2. The fourth-order valence-electron chi connectivity index (χ4n) is 4.11. The topological polar surface area (TPSA) is 57.5 Å². The third-order valence-electron chi connectivity index (χ3n) is 5.73. The van der Waals surface area contributed by atoms with Crippen LogP contribution in [0.2, 0.25) is 0 Å². The maximum atomic E-state index is 4.64. The molecule has 0 amide bonds. The Balaban J connectivity index is 0.00000300. The Bertz CT molecular complexity index is 764. The first-order valence-corrected chi connectivity index (χ1v) is 10.8. The number of aryl methyl sites for hydroxylation is 2. The monoisotopic (exact) mass is 512 g/mol. The number of para-hydroxylation sites is 2. The molecule has 1 aromatic heterocycles. The van der Waals surface area contributed by atoms with Gasteiger partial charge in [0.05, 0.1) is 11.0 Å². The summed E-state index contributed by atoms with van der Waals surface area (Å²) in [6.45, 7) is 11.0. The van der Waals surface area contributed by atoms with E-state index in [1.54, 1.807) is 0 Å². The molecule has 0 unspecified atom stereocenters. The molecule has 1 aromatic carbocycles. The third-order valence-corrected chi connectivity index (χ3v) is 5.73. The molecule has 0 aliphatic carbocycles. The van der Waals surface area contributed by atoms with Crippen molar-refractivity contribution in [2.45, 2.75) is 46.1 Å². The minimum absolute atomic E-state index is 0. The molecule has 7 heteroatoms. The van der Waals surface area contributed by atoms with E-state index in [1.165, 1.54) is 44.4 Å².